The number of amides is 1. The summed E-state index contributed by atoms with van der Waals surface area (Å²) in [6.07, 6.45) is 6.03. The number of likely N-dealkylation sites (N-methyl/N-ethyl adjacent to an activating group) is 1. The second-order valence-electron chi connectivity index (χ2n) is 6.99. The summed E-state index contributed by atoms with van der Waals surface area (Å²) >= 11 is 0. The Balaban J connectivity index is 2.61. The number of rotatable bonds is 8. The summed E-state index contributed by atoms with van der Waals surface area (Å²) in [5, 5.41) is 3.03. The van der Waals surface area contributed by atoms with Gasteiger partial charge < -0.3 is 11.1 Å². The van der Waals surface area contributed by atoms with Crippen LogP contribution < -0.4 is 11.1 Å². The molecule has 1 amide bonds. The Morgan fingerprint density at radius 3 is 2.38 bits per heavy atom. The molecule has 1 saturated carbocycles. The van der Waals surface area contributed by atoms with E-state index in [-0.39, 0.29) is 11.4 Å². The van der Waals surface area contributed by atoms with Crippen molar-refractivity contribution >= 4 is 5.91 Å². The van der Waals surface area contributed by atoms with E-state index in [1.807, 2.05) is 0 Å². The molecule has 0 atom stereocenters. The van der Waals surface area contributed by atoms with Gasteiger partial charge in [0.25, 0.3) is 0 Å². The Hall–Kier alpha value is -0.610. The minimum atomic E-state index is 0.0373. The smallest absolute Gasteiger partial charge is 0.234 e. The van der Waals surface area contributed by atoms with E-state index >= 15 is 0 Å². The van der Waals surface area contributed by atoms with Crippen molar-refractivity contribution in [3.05, 3.63) is 0 Å². The van der Waals surface area contributed by atoms with Crippen LogP contribution in [0.25, 0.3) is 0 Å². The highest BCUT2D eigenvalue weighted by Gasteiger charge is 2.38. The van der Waals surface area contributed by atoms with Crippen LogP contribution in [-0.4, -0.2) is 42.5 Å². The van der Waals surface area contributed by atoms with Gasteiger partial charge in [0.2, 0.25) is 5.91 Å². The number of hydrogen-bond acceptors (Lipinski definition) is 3. The van der Waals surface area contributed by atoms with E-state index in [2.05, 4.69) is 37.9 Å². The molecule has 0 unspecified atom stereocenters. The van der Waals surface area contributed by atoms with Gasteiger partial charge in [-0.25, -0.2) is 0 Å². The van der Waals surface area contributed by atoms with Crippen molar-refractivity contribution in [2.45, 2.75) is 65.3 Å². The predicted molar refractivity (Wildman–Crippen MR) is 89.1 cm³/mol. The topological polar surface area (TPSA) is 58.4 Å². The predicted octanol–water partition coefficient (Wildman–Crippen LogP) is 2.38. The maximum atomic E-state index is 12.1. The molecular formula is C17H35N3O. The first-order valence-electron chi connectivity index (χ1n) is 8.69. The highest BCUT2D eigenvalue weighted by molar-refractivity contribution is 5.78. The van der Waals surface area contributed by atoms with Gasteiger partial charge in [0.15, 0.2) is 0 Å². The molecule has 124 valence electrons. The zero-order valence-electron chi connectivity index (χ0n) is 14.5. The van der Waals surface area contributed by atoms with Crippen LogP contribution in [0.3, 0.4) is 0 Å². The zero-order valence-corrected chi connectivity index (χ0v) is 14.5. The lowest BCUT2D eigenvalue weighted by Crippen LogP contribution is -2.58. The Kier molecular flexibility index (Phi) is 7.67. The molecule has 0 aromatic carbocycles. The number of nitrogens with two attached hydrogens (primary N) is 1. The molecule has 0 radical (unpaired) electrons. The lowest BCUT2D eigenvalue weighted by Gasteiger charge is -2.47. The number of hydrogen-bond donors (Lipinski definition) is 2. The van der Waals surface area contributed by atoms with E-state index in [4.69, 9.17) is 5.73 Å². The Bertz CT molecular complexity index is 309. The first-order chi connectivity index (χ1) is 9.97. The second-order valence-corrected chi connectivity index (χ2v) is 6.99. The van der Waals surface area contributed by atoms with Gasteiger partial charge in [-0.05, 0) is 44.1 Å². The normalized spacial score (nSPS) is 26.3. The number of nitrogens with zero attached hydrogens (tertiary/aromatic N) is 1. The lowest BCUT2D eigenvalue weighted by molar-refractivity contribution is -0.124. The van der Waals surface area contributed by atoms with Crippen molar-refractivity contribution in [1.82, 2.24) is 10.2 Å². The van der Waals surface area contributed by atoms with E-state index < -0.39 is 0 Å². The molecule has 0 heterocycles. The van der Waals surface area contributed by atoms with Crippen LogP contribution in [0.4, 0.5) is 0 Å². The highest BCUT2D eigenvalue weighted by Crippen LogP contribution is 2.37. The van der Waals surface area contributed by atoms with Gasteiger partial charge in [0, 0.05) is 18.6 Å². The fraction of sp³-hybridized carbons (Fsp3) is 0.941. The van der Waals surface area contributed by atoms with Crippen LogP contribution in [-0.2, 0) is 4.79 Å². The first kappa shape index (κ1) is 18.4. The van der Waals surface area contributed by atoms with E-state index in [0.717, 1.165) is 31.8 Å². The van der Waals surface area contributed by atoms with Gasteiger partial charge in [-0.3, -0.25) is 9.69 Å². The summed E-state index contributed by atoms with van der Waals surface area (Å²) in [5.41, 5.74) is 6.16. The molecule has 3 N–H and O–H groups in total. The van der Waals surface area contributed by atoms with Crippen LogP contribution in [0, 0.1) is 11.8 Å². The fourth-order valence-electron chi connectivity index (χ4n) is 3.43. The van der Waals surface area contributed by atoms with Crippen LogP contribution in [0.1, 0.15) is 59.8 Å². The quantitative estimate of drug-likeness (QED) is 0.723. The molecule has 0 bridgehead atoms. The summed E-state index contributed by atoms with van der Waals surface area (Å²) in [6, 6.07) is 0. The van der Waals surface area contributed by atoms with Gasteiger partial charge in [-0.15, -0.1) is 0 Å². The summed E-state index contributed by atoms with van der Waals surface area (Å²) < 4.78 is 0. The zero-order chi connectivity index (χ0) is 15.9. The molecule has 0 spiro atoms. The Labute approximate surface area is 130 Å². The molecule has 0 aliphatic heterocycles. The van der Waals surface area contributed by atoms with Crippen molar-refractivity contribution < 1.29 is 4.79 Å². The SMILES string of the molecule is CCC1CCC(CN)(N(CC)CC(=O)NCC(C)C)CC1. The molecule has 1 aliphatic rings. The first-order valence-corrected chi connectivity index (χ1v) is 8.69. The molecule has 0 aromatic heterocycles. The molecule has 4 heteroatoms. The monoisotopic (exact) mass is 297 g/mol. The average molecular weight is 297 g/mol. The largest absolute Gasteiger partial charge is 0.355 e. The number of carbonyl (C=O) groups excluding carboxylic acids is 1. The van der Waals surface area contributed by atoms with Gasteiger partial charge in [-0.2, -0.15) is 0 Å². The number of nitrogens with one attached hydrogen (secondary N) is 1. The van der Waals surface area contributed by atoms with E-state index in [1.165, 1.54) is 19.3 Å². The molecule has 1 fully saturated rings. The van der Waals surface area contributed by atoms with Crippen molar-refractivity contribution in [1.29, 1.82) is 0 Å². The molecule has 1 aliphatic carbocycles. The van der Waals surface area contributed by atoms with Crippen molar-refractivity contribution in [3.63, 3.8) is 0 Å². The van der Waals surface area contributed by atoms with Crippen molar-refractivity contribution in [2.75, 3.05) is 26.2 Å². The average Bonchev–Trinajstić information content (AvgIpc) is 2.50. The maximum absolute atomic E-state index is 12.1. The molecule has 0 saturated heterocycles. The Morgan fingerprint density at radius 2 is 1.95 bits per heavy atom. The third-order valence-electron chi connectivity index (χ3n) is 5.09. The third-order valence-corrected chi connectivity index (χ3v) is 5.09. The van der Waals surface area contributed by atoms with Gasteiger partial charge in [0.1, 0.15) is 0 Å². The summed E-state index contributed by atoms with van der Waals surface area (Å²) in [5.74, 6) is 1.47. The standard InChI is InChI=1S/C17H35N3O/c1-5-15-7-9-17(13-18,10-8-15)20(6-2)12-16(21)19-11-14(3)4/h14-15H,5-13,18H2,1-4H3,(H,19,21). The van der Waals surface area contributed by atoms with Crippen LogP contribution in [0.5, 0.6) is 0 Å². The minimum absolute atomic E-state index is 0.0373. The molecular weight excluding hydrogens is 262 g/mol. The summed E-state index contributed by atoms with van der Waals surface area (Å²) in [6.45, 7) is 11.4. The van der Waals surface area contributed by atoms with Crippen molar-refractivity contribution in [2.24, 2.45) is 17.6 Å². The van der Waals surface area contributed by atoms with Crippen LogP contribution in [0.15, 0.2) is 0 Å². The summed E-state index contributed by atoms with van der Waals surface area (Å²) in [4.78, 5) is 14.5. The highest BCUT2D eigenvalue weighted by atomic mass is 16.2. The number of carbonyl (C=O) groups is 1. The molecule has 21 heavy (non-hydrogen) atoms. The molecule has 0 aromatic rings. The molecule has 1 rings (SSSR count). The van der Waals surface area contributed by atoms with E-state index in [1.54, 1.807) is 0 Å². The minimum Gasteiger partial charge on any atom is -0.355 e. The van der Waals surface area contributed by atoms with E-state index in [0.29, 0.717) is 19.0 Å². The van der Waals surface area contributed by atoms with Gasteiger partial charge in [-0.1, -0.05) is 34.1 Å². The van der Waals surface area contributed by atoms with Crippen LogP contribution in [0.2, 0.25) is 0 Å². The van der Waals surface area contributed by atoms with Crippen molar-refractivity contribution in [3.8, 4) is 0 Å². The Morgan fingerprint density at radius 1 is 1.33 bits per heavy atom. The third kappa shape index (κ3) is 5.26. The fourth-order valence-corrected chi connectivity index (χ4v) is 3.43. The molecule has 4 nitrogen and oxygen atoms in total. The van der Waals surface area contributed by atoms with E-state index in [9.17, 15) is 4.79 Å². The van der Waals surface area contributed by atoms with Gasteiger partial charge in [0.05, 0.1) is 6.54 Å². The van der Waals surface area contributed by atoms with Crippen LogP contribution >= 0.6 is 0 Å². The summed E-state index contributed by atoms with van der Waals surface area (Å²) in [7, 11) is 0. The second kappa shape index (κ2) is 8.74. The van der Waals surface area contributed by atoms with Gasteiger partial charge >= 0.3 is 0 Å². The lowest BCUT2D eigenvalue weighted by atomic mass is 9.74. The maximum Gasteiger partial charge on any atom is 0.234 e.